The summed E-state index contributed by atoms with van der Waals surface area (Å²) >= 11 is 0. The van der Waals surface area contributed by atoms with Crippen LogP contribution in [0.5, 0.6) is 0 Å². The minimum atomic E-state index is -0.289. The Bertz CT molecular complexity index is 1380. The van der Waals surface area contributed by atoms with Crippen LogP contribution >= 0.6 is 0 Å². The molecule has 0 aliphatic carbocycles. The van der Waals surface area contributed by atoms with Crippen molar-refractivity contribution in [2.45, 2.75) is 39.7 Å². The van der Waals surface area contributed by atoms with Gasteiger partial charge < -0.3 is 25.3 Å². The highest BCUT2D eigenvalue weighted by atomic mass is 16.6. The van der Waals surface area contributed by atoms with E-state index in [1.54, 1.807) is 6.20 Å². The monoisotopic (exact) mass is 533 g/mol. The van der Waals surface area contributed by atoms with Gasteiger partial charge >= 0.3 is 0 Å². The molecule has 208 valence electrons. The molecule has 2 aliphatic heterocycles. The Hall–Kier alpha value is -3.92. The number of fused-ring (bicyclic) bond motifs is 1. The maximum absolute atomic E-state index is 13.5. The number of nitrogens with one attached hydrogen (secondary N) is 2. The summed E-state index contributed by atoms with van der Waals surface area (Å²) in [6, 6.07) is 1.67. The number of nitrogens with zero attached hydrogens (tertiary/aromatic N) is 5. The minimum absolute atomic E-state index is 0.0420. The lowest BCUT2D eigenvalue weighted by Gasteiger charge is -2.24. The predicted molar refractivity (Wildman–Crippen MR) is 155 cm³/mol. The number of hydrogen-bond acceptors (Lipinski definition) is 8. The molecule has 1 atom stereocenters. The van der Waals surface area contributed by atoms with Crippen molar-refractivity contribution in [3.8, 4) is 0 Å². The van der Waals surface area contributed by atoms with Crippen LogP contribution in [0.3, 0.4) is 0 Å². The van der Waals surface area contributed by atoms with Gasteiger partial charge in [0.1, 0.15) is 12.8 Å². The van der Waals surface area contributed by atoms with Gasteiger partial charge in [-0.25, -0.2) is 4.98 Å². The van der Waals surface area contributed by atoms with Crippen LogP contribution in [0, 0.1) is 0 Å². The molecule has 10 heteroatoms. The number of pyridine rings is 1. The normalized spacial score (nSPS) is 19.0. The molecule has 2 aromatic heterocycles. The number of likely N-dealkylation sites (N-methyl/N-ethyl adjacent to an activating group) is 1. The fraction of sp³-hybridized carbons (Fsp3) is 0.448. The quantitative estimate of drug-likeness (QED) is 0.499. The Kier molecular flexibility index (Phi) is 9.19. The van der Waals surface area contributed by atoms with E-state index < -0.39 is 0 Å². The molecule has 0 bridgehead atoms. The second-order valence-corrected chi connectivity index (χ2v) is 9.79. The van der Waals surface area contributed by atoms with Crippen molar-refractivity contribution in [1.82, 2.24) is 29.8 Å². The average Bonchev–Trinajstić information content (AvgIpc) is 3.11. The molecule has 4 rings (SSSR count). The van der Waals surface area contributed by atoms with E-state index in [1.807, 2.05) is 74.1 Å². The Morgan fingerprint density at radius 3 is 2.87 bits per heavy atom. The highest BCUT2D eigenvalue weighted by Crippen LogP contribution is 2.25. The lowest BCUT2D eigenvalue weighted by Crippen LogP contribution is -2.38. The van der Waals surface area contributed by atoms with Gasteiger partial charge in [0.05, 0.1) is 11.6 Å². The van der Waals surface area contributed by atoms with Gasteiger partial charge in [0.2, 0.25) is 5.95 Å². The molecular formula is C29H39N7O3. The summed E-state index contributed by atoms with van der Waals surface area (Å²) in [5.41, 5.74) is 3.12. The zero-order valence-electron chi connectivity index (χ0n) is 23.5. The van der Waals surface area contributed by atoms with E-state index in [1.165, 1.54) is 11.8 Å². The zero-order chi connectivity index (χ0) is 27.9. The van der Waals surface area contributed by atoms with E-state index in [2.05, 4.69) is 20.6 Å². The van der Waals surface area contributed by atoms with Gasteiger partial charge in [0.25, 0.3) is 11.5 Å². The first kappa shape index (κ1) is 28.1. The van der Waals surface area contributed by atoms with Crippen molar-refractivity contribution in [2.24, 2.45) is 0 Å². The van der Waals surface area contributed by atoms with Crippen molar-refractivity contribution in [1.29, 1.82) is 0 Å². The Morgan fingerprint density at radius 1 is 1.31 bits per heavy atom. The lowest BCUT2D eigenvalue weighted by atomic mass is 9.98. The Labute approximate surface area is 229 Å². The van der Waals surface area contributed by atoms with Crippen LogP contribution in [0.15, 0.2) is 58.7 Å². The summed E-state index contributed by atoms with van der Waals surface area (Å²) < 4.78 is 1.21. The lowest BCUT2D eigenvalue weighted by molar-refractivity contribution is -0.128. The number of carbonyl (C=O) groups excluding carboxylic acids is 1. The molecule has 1 fully saturated rings. The van der Waals surface area contributed by atoms with Crippen molar-refractivity contribution in [3.63, 3.8) is 0 Å². The second-order valence-electron chi connectivity index (χ2n) is 9.79. The molecule has 0 aromatic carbocycles. The summed E-state index contributed by atoms with van der Waals surface area (Å²) in [5.74, 6) is 0.400. The first-order chi connectivity index (χ1) is 18.9. The van der Waals surface area contributed by atoms with Crippen LogP contribution in [0.2, 0.25) is 0 Å². The molecule has 0 saturated carbocycles. The molecule has 2 aromatic rings. The first-order valence-electron chi connectivity index (χ1n) is 13.5. The molecule has 0 radical (unpaired) electrons. The largest absolute Gasteiger partial charge is 0.412 e. The van der Waals surface area contributed by atoms with E-state index in [-0.39, 0.29) is 17.5 Å². The summed E-state index contributed by atoms with van der Waals surface area (Å²) in [5, 5.41) is 7.33. The van der Waals surface area contributed by atoms with Crippen LogP contribution in [0.25, 0.3) is 16.6 Å². The molecule has 1 unspecified atom stereocenters. The Balaban J connectivity index is 1.63. The summed E-state index contributed by atoms with van der Waals surface area (Å²) in [7, 11) is 3.37. The van der Waals surface area contributed by atoms with E-state index in [4.69, 9.17) is 4.84 Å². The van der Waals surface area contributed by atoms with Crippen LogP contribution in [0.1, 0.15) is 39.2 Å². The number of hydrogen-bond donors (Lipinski definition) is 2. The number of carbonyl (C=O) groups is 1. The maximum Gasteiger partial charge on any atom is 0.292 e. The molecular weight excluding hydrogens is 494 g/mol. The zero-order valence-corrected chi connectivity index (χ0v) is 23.5. The highest BCUT2D eigenvalue weighted by molar-refractivity contribution is 5.93. The third kappa shape index (κ3) is 6.22. The molecule has 10 nitrogen and oxygen atoms in total. The smallest absolute Gasteiger partial charge is 0.292 e. The molecule has 39 heavy (non-hydrogen) atoms. The van der Waals surface area contributed by atoms with Crippen LogP contribution < -0.4 is 21.0 Å². The molecule has 1 amide bonds. The molecule has 1 saturated heterocycles. The van der Waals surface area contributed by atoms with Crippen molar-refractivity contribution >= 4 is 28.5 Å². The molecule has 2 N–H and O–H groups in total. The Morgan fingerprint density at radius 2 is 2.13 bits per heavy atom. The maximum atomic E-state index is 13.5. The highest BCUT2D eigenvalue weighted by Gasteiger charge is 2.29. The van der Waals surface area contributed by atoms with Crippen molar-refractivity contribution < 1.29 is 9.63 Å². The van der Waals surface area contributed by atoms with Gasteiger partial charge in [-0.05, 0) is 56.5 Å². The van der Waals surface area contributed by atoms with Gasteiger partial charge in [0, 0.05) is 44.8 Å². The van der Waals surface area contributed by atoms with Gasteiger partial charge in [-0.2, -0.15) is 4.98 Å². The average molecular weight is 534 g/mol. The number of anilines is 1. The van der Waals surface area contributed by atoms with Crippen LogP contribution in [-0.4, -0.2) is 83.3 Å². The molecule has 4 heterocycles. The summed E-state index contributed by atoms with van der Waals surface area (Å²) in [6.45, 7) is 9.77. The van der Waals surface area contributed by atoms with Crippen LogP contribution in [0.4, 0.5) is 5.95 Å². The first-order valence-corrected chi connectivity index (χ1v) is 13.5. The second kappa shape index (κ2) is 12.8. The van der Waals surface area contributed by atoms with Gasteiger partial charge in [0.15, 0.2) is 5.65 Å². The molecule has 0 spiro atoms. The van der Waals surface area contributed by atoms with Gasteiger partial charge in [-0.3, -0.25) is 9.59 Å². The summed E-state index contributed by atoms with van der Waals surface area (Å²) in [6.07, 6.45) is 13.3. The molecule has 2 aliphatic rings. The number of rotatable bonds is 8. The minimum Gasteiger partial charge on any atom is -0.412 e. The third-order valence-corrected chi connectivity index (χ3v) is 6.95. The summed E-state index contributed by atoms with van der Waals surface area (Å²) in [4.78, 5) is 45.2. The standard InChI is InChI=1S/C29H39N7O3/c1-6-8-11-20(3)23(10-7-2)24-16-21-18-31-29(33-26(21)36(39-5)27(24)37)32-22-17-25(34(4)19-22)28(38)35-14-9-12-30-13-15-35/h6,8,10-11,16-18,22,30H,7,9,12-15,19H2,1-5H3,(H,31,32,33)/b8-6-,20-11-,23-10-. The number of allylic oxidation sites excluding steroid dienone is 6. The third-order valence-electron chi connectivity index (χ3n) is 6.95. The van der Waals surface area contributed by atoms with Gasteiger partial charge in [-0.15, -0.1) is 4.73 Å². The van der Waals surface area contributed by atoms with E-state index in [0.29, 0.717) is 41.3 Å². The van der Waals surface area contributed by atoms with E-state index in [0.717, 1.165) is 43.6 Å². The van der Waals surface area contributed by atoms with E-state index >= 15 is 0 Å². The van der Waals surface area contributed by atoms with Crippen molar-refractivity contribution in [3.05, 3.63) is 69.8 Å². The van der Waals surface area contributed by atoms with Crippen molar-refractivity contribution in [2.75, 3.05) is 52.2 Å². The van der Waals surface area contributed by atoms with E-state index in [9.17, 15) is 9.59 Å². The SMILES string of the molecule is C\C=C/C=C(C)\C(=C\CC)c1cc2cnc(NC3C=C(C(=O)N4CCCNCC4)N(C)C3)nc2n(OC)c1=O. The topological polar surface area (TPSA) is 105 Å². The number of aromatic nitrogens is 3. The fourth-order valence-corrected chi connectivity index (χ4v) is 4.98. The van der Waals surface area contributed by atoms with Gasteiger partial charge in [-0.1, -0.05) is 31.2 Å². The fourth-order valence-electron chi connectivity index (χ4n) is 4.98. The number of amides is 1. The predicted octanol–water partition coefficient (Wildman–Crippen LogP) is 2.60. The van der Waals surface area contributed by atoms with Crippen LogP contribution in [-0.2, 0) is 4.79 Å².